The summed E-state index contributed by atoms with van der Waals surface area (Å²) in [5, 5.41) is 7.04. The van der Waals surface area contributed by atoms with Crippen LogP contribution in [0, 0.1) is 17.5 Å². The second kappa shape index (κ2) is 6.76. The summed E-state index contributed by atoms with van der Waals surface area (Å²) in [6, 6.07) is 9.66. The van der Waals surface area contributed by atoms with Crippen molar-refractivity contribution in [2.45, 2.75) is 37.5 Å². The second-order valence-corrected chi connectivity index (χ2v) is 7.68. The van der Waals surface area contributed by atoms with E-state index in [0.717, 1.165) is 43.1 Å². The number of amides is 1. The zero-order chi connectivity index (χ0) is 20.1. The van der Waals surface area contributed by atoms with Gasteiger partial charge < -0.3 is 5.32 Å². The Bertz CT molecular complexity index is 1120. The monoisotopic (exact) mass is 397 g/mol. The summed E-state index contributed by atoms with van der Waals surface area (Å²) in [4.78, 5) is 12.2. The summed E-state index contributed by atoms with van der Waals surface area (Å²) in [6.07, 6.45) is 4.38. The van der Waals surface area contributed by atoms with E-state index in [9.17, 15) is 18.0 Å². The quantitative estimate of drug-likeness (QED) is 0.635. The van der Waals surface area contributed by atoms with Crippen molar-refractivity contribution >= 4 is 11.6 Å². The molecule has 2 aliphatic rings. The highest BCUT2D eigenvalue weighted by Crippen LogP contribution is 2.45. The molecule has 1 aromatic heterocycles. The van der Waals surface area contributed by atoms with Crippen LogP contribution in [0.5, 0.6) is 0 Å². The summed E-state index contributed by atoms with van der Waals surface area (Å²) in [7, 11) is 0. The lowest BCUT2D eigenvalue weighted by Gasteiger charge is -2.11. The Hall–Kier alpha value is -3.09. The first kappa shape index (κ1) is 18.0. The van der Waals surface area contributed by atoms with Gasteiger partial charge in [-0.2, -0.15) is 5.10 Å². The van der Waals surface area contributed by atoms with Crippen molar-refractivity contribution in [3.05, 3.63) is 76.9 Å². The molecule has 0 saturated heterocycles. The molecule has 0 unspecified atom stereocenters. The maximum absolute atomic E-state index is 14.9. The predicted octanol–water partition coefficient (Wildman–Crippen LogP) is 5.30. The molecule has 2 saturated carbocycles. The van der Waals surface area contributed by atoms with E-state index in [1.54, 1.807) is 10.7 Å². The predicted molar refractivity (Wildman–Crippen MR) is 102 cm³/mol. The molecule has 3 aromatic rings. The van der Waals surface area contributed by atoms with Gasteiger partial charge in [0.15, 0.2) is 17.5 Å². The fourth-order valence-corrected chi connectivity index (χ4v) is 3.49. The molecule has 0 bridgehead atoms. The van der Waals surface area contributed by atoms with Gasteiger partial charge in [0, 0.05) is 23.2 Å². The number of carbonyl (C=O) groups is 1. The molecule has 2 fully saturated rings. The number of nitrogens with one attached hydrogen (secondary N) is 1. The lowest BCUT2D eigenvalue weighted by molar-refractivity contribution is 0.102. The van der Waals surface area contributed by atoms with Gasteiger partial charge in [-0.25, -0.2) is 17.9 Å². The van der Waals surface area contributed by atoms with Crippen molar-refractivity contribution in [3.63, 3.8) is 0 Å². The van der Waals surface area contributed by atoms with Crippen LogP contribution in [-0.2, 0) is 0 Å². The number of carbonyl (C=O) groups excluding carboxylic acids is 1. The van der Waals surface area contributed by atoms with Crippen molar-refractivity contribution in [1.29, 1.82) is 0 Å². The summed E-state index contributed by atoms with van der Waals surface area (Å²) in [6.45, 7) is 0. The molecule has 148 valence electrons. The van der Waals surface area contributed by atoms with E-state index >= 15 is 0 Å². The lowest BCUT2D eigenvalue weighted by Crippen LogP contribution is -2.15. The van der Waals surface area contributed by atoms with Gasteiger partial charge in [0.1, 0.15) is 5.69 Å². The number of hydrogen-bond acceptors (Lipinski definition) is 2. The van der Waals surface area contributed by atoms with Crippen LogP contribution < -0.4 is 5.32 Å². The van der Waals surface area contributed by atoms with Gasteiger partial charge in [-0.3, -0.25) is 4.79 Å². The number of halogens is 3. The first-order chi connectivity index (χ1) is 14.0. The van der Waals surface area contributed by atoms with E-state index in [2.05, 4.69) is 16.5 Å². The van der Waals surface area contributed by atoms with Crippen molar-refractivity contribution in [2.24, 2.45) is 0 Å². The standard InChI is InChI=1S/C22H18F3N3O/c23-16-3-1-2-15(21(16)25)22(29)26-14-8-9-19(17(24)10-14)28-20(13-6-7-13)11-18(27-28)12-4-5-12/h1-3,8-13H,4-7H2,(H,26,29). The minimum absolute atomic E-state index is 0.155. The Labute approximate surface area is 165 Å². The Morgan fingerprint density at radius 2 is 1.72 bits per heavy atom. The van der Waals surface area contributed by atoms with E-state index in [1.807, 2.05) is 0 Å². The summed E-state index contributed by atoms with van der Waals surface area (Å²) < 4.78 is 43.7. The molecule has 0 spiro atoms. The number of hydrogen-bond donors (Lipinski definition) is 1. The van der Waals surface area contributed by atoms with Gasteiger partial charge in [-0.1, -0.05) is 6.07 Å². The van der Waals surface area contributed by atoms with Gasteiger partial charge in [-0.05, 0) is 62.1 Å². The van der Waals surface area contributed by atoms with E-state index in [1.165, 1.54) is 24.3 Å². The lowest BCUT2D eigenvalue weighted by atomic mass is 10.1. The topological polar surface area (TPSA) is 46.9 Å². The van der Waals surface area contributed by atoms with Crippen LogP contribution in [0.15, 0.2) is 42.5 Å². The molecule has 0 radical (unpaired) electrons. The van der Waals surface area contributed by atoms with Crippen molar-refractivity contribution in [1.82, 2.24) is 9.78 Å². The van der Waals surface area contributed by atoms with Crippen LogP contribution >= 0.6 is 0 Å². The molecular formula is C22H18F3N3O. The average molecular weight is 397 g/mol. The van der Waals surface area contributed by atoms with Gasteiger partial charge in [0.05, 0.1) is 11.3 Å². The zero-order valence-corrected chi connectivity index (χ0v) is 15.5. The number of rotatable bonds is 5. The second-order valence-electron chi connectivity index (χ2n) is 7.68. The average Bonchev–Trinajstić information content (AvgIpc) is 3.62. The van der Waals surface area contributed by atoms with Crippen LogP contribution in [0.2, 0.25) is 0 Å². The van der Waals surface area contributed by atoms with E-state index in [-0.39, 0.29) is 5.69 Å². The van der Waals surface area contributed by atoms with Gasteiger partial charge in [0.25, 0.3) is 5.91 Å². The molecule has 2 aliphatic carbocycles. The third-order valence-electron chi connectivity index (χ3n) is 5.38. The van der Waals surface area contributed by atoms with Gasteiger partial charge in [-0.15, -0.1) is 0 Å². The maximum atomic E-state index is 14.9. The van der Waals surface area contributed by atoms with E-state index < -0.39 is 28.9 Å². The third kappa shape index (κ3) is 3.41. The highest BCUT2D eigenvalue weighted by Gasteiger charge is 2.33. The Morgan fingerprint density at radius 1 is 0.966 bits per heavy atom. The van der Waals surface area contributed by atoms with E-state index in [4.69, 9.17) is 0 Å². The minimum Gasteiger partial charge on any atom is -0.322 e. The fourth-order valence-electron chi connectivity index (χ4n) is 3.49. The fraction of sp³-hybridized carbons (Fsp3) is 0.273. The number of nitrogens with zero attached hydrogens (tertiary/aromatic N) is 2. The summed E-state index contributed by atoms with van der Waals surface area (Å²) >= 11 is 0. The van der Waals surface area contributed by atoms with Crippen LogP contribution in [-0.4, -0.2) is 15.7 Å². The first-order valence-electron chi connectivity index (χ1n) is 9.66. The highest BCUT2D eigenvalue weighted by atomic mass is 19.2. The van der Waals surface area contributed by atoms with Crippen LogP contribution in [0.3, 0.4) is 0 Å². The van der Waals surface area contributed by atoms with E-state index in [0.29, 0.717) is 17.5 Å². The maximum Gasteiger partial charge on any atom is 0.258 e. The normalized spacial score (nSPS) is 16.1. The Kier molecular flexibility index (Phi) is 4.19. The smallest absolute Gasteiger partial charge is 0.258 e. The van der Waals surface area contributed by atoms with Crippen molar-refractivity contribution in [2.75, 3.05) is 5.32 Å². The SMILES string of the molecule is O=C(Nc1ccc(-n2nc(C3CC3)cc2C2CC2)c(F)c1)c1cccc(F)c1F. The number of anilines is 1. The third-order valence-corrected chi connectivity index (χ3v) is 5.38. The van der Waals surface area contributed by atoms with Crippen molar-refractivity contribution in [3.8, 4) is 5.69 Å². The summed E-state index contributed by atoms with van der Waals surface area (Å²) in [5.41, 5.74) is 2.05. The first-order valence-corrected chi connectivity index (χ1v) is 9.66. The molecule has 1 heterocycles. The van der Waals surface area contributed by atoms with Crippen LogP contribution in [0.25, 0.3) is 5.69 Å². The molecule has 5 rings (SSSR count). The molecule has 4 nitrogen and oxygen atoms in total. The number of benzene rings is 2. The zero-order valence-electron chi connectivity index (χ0n) is 15.5. The molecular weight excluding hydrogens is 379 g/mol. The van der Waals surface area contributed by atoms with Crippen LogP contribution in [0.4, 0.5) is 18.9 Å². The molecule has 1 amide bonds. The molecule has 0 atom stereocenters. The molecule has 1 N–H and O–H groups in total. The Balaban J connectivity index is 1.42. The molecule has 7 heteroatoms. The summed E-state index contributed by atoms with van der Waals surface area (Å²) in [5.74, 6) is -2.86. The highest BCUT2D eigenvalue weighted by molar-refractivity contribution is 6.04. The molecule has 29 heavy (non-hydrogen) atoms. The molecule has 2 aromatic carbocycles. The molecule has 0 aliphatic heterocycles. The minimum atomic E-state index is -1.24. The Morgan fingerprint density at radius 3 is 2.41 bits per heavy atom. The number of aromatic nitrogens is 2. The van der Waals surface area contributed by atoms with Gasteiger partial charge in [0.2, 0.25) is 0 Å². The largest absolute Gasteiger partial charge is 0.322 e. The van der Waals surface area contributed by atoms with Gasteiger partial charge >= 0.3 is 0 Å². The van der Waals surface area contributed by atoms with Crippen LogP contribution in [0.1, 0.15) is 59.3 Å². The van der Waals surface area contributed by atoms with Crippen molar-refractivity contribution < 1.29 is 18.0 Å².